The monoisotopic (exact) mass is 489 g/mol. The van der Waals surface area contributed by atoms with Gasteiger partial charge in [-0.05, 0) is 31.4 Å². The van der Waals surface area contributed by atoms with Crippen molar-refractivity contribution >= 4 is 23.1 Å². The van der Waals surface area contributed by atoms with E-state index in [9.17, 15) is 14.4 Å². The number of hydrogen-bond donors (Lipinski definition) is 2. The molecule has 0 spiro atoms. The fourth-order valence-electron chi connectivity index (χ4n) is 4.05. The van der Waals surface area contributed by atoms with Crippen LogP contribution in [0.2, 0.25) is 0 Å². The molecule has 0 aliphatic carbocycles. The Labute approximate surface area is 206 Å². The Morgan fingerprint density at radius 2 is 1.71 bits per heavy atom. The summed E-state index contributed by atoms with van der Waals surface area (Å²) in [5.74, 6) is -0.391. The highest BCUT2D eigenvalue weighted by Gasteiger charge is 2.22. The van der Waals surface area contributed by atoms with Gasteiger partial charge < -0.3 is 11.1 Å². The molecule has 180 valence electrons. The molecule has 0 radical (unpaired) electrons. The highest BCUT2D eigenvalue weighted by atomic mass is 32.1. The Bertz CT molecular complexity index is 1440. The summed E-state index contributed by atoms with van der Waals surface area (Å²) in [6.45, 7) is 3.41. The second-order valence-corrected chi connectivity index (χ2v) is 9.21. The van der Waals surface area contributed by atoms with Crippen molar-refractivity contribution in [3.63, 3.8) is 0 Å². The van der Waals surface area contributed by atoms with Crippen molar-refractivity contribution < 1.29 is 4.79 Å². The minimum atomic E-state index is -0.628. The summed E-state index contributed by atoms with van der Waals surface area (Å²) in [5, 5.41) is 5.50. The molecular weight excluding hydrogens is 462 g/mol. The number of carbonyl (C=O) groups excluding carboxylic acids is 1. The third-order valence-electron chi connectivity index (χ3n) is 5.78. The molecule has 0 saturated carbocycles. The maximum atomic E-state index is 13.3. The molecule has 0 fully saturated rings. The second kappa shape index (κ2) is 10.5. The molecule has 35 heavy (non-hydrogen) atoms. The van der Waals surface area contributed by atoms with Gasteiger partial charge in [-0.15, -0.1) is 11.3 Å². The maximum Gasteiger partial charge on any atom is 0.333 e. The van der Waals surface area contributed by atoms with Crippen molar-refractivity contribution in [3.8, 4) is 11.3 Å². The molecule has 0 aliphatic heterocycles. The number of nitrogen functional groups attached to an aromatic ring is 1. The third-order valence-corrected chi connectivity index (χ3v) is 6.55. The van der Waals surface area contributed by atoms with Gasteiger partial charge in [0.25, 0.3) is 5.56 Å². The lowest BCUT2D eigenvalue weighted by Gasteiger charge is -2.20. The van der Waals surface area contributed by atoms with Gasteiger partial charge in [0.15, 0.2) is 0 Å². The number of benzene rings is 2. The van der Waals surface area contributed by atoms with Crippen LogP contribution in [0.1, 0.15) is 29.1 Å². The number of anilines is 1. The Morgan fingerprint density at radius 1 is 1.06 bits per heavy atom. The van der Waals surface area contributed by atoms with E-state index in [1.807, 2.05) is 67.6 Å². The Morgan fingerprint density at radius 3 is 2.31 bits per heavy atom. The first-order chi connectivity index (χ1) is 16.9. The number of amides is 1. The lowest BCUT2D eigenvalue weighted by molar-refractivity contribution is -0.122. The highest BCUT2D eigenvalue weighted by Crippen LogP contribution is 2.23. The van der Waals surface area contributed by atoms with Gasteiger partial charge in [-0.3, -0.25) is 18.7 Å². The van der Waals surface area contributed by atoms with Gasteiger partial charge in [0, 0.05) is 11.9 Å². The van der Waals surface area contributed by atoms with Crippen molar-refractivity contribution in [2.75, 3.05) is 5.73 Å². The summed E-state index contributed by atoms with van der Waals surface area (Å²) >= 11 is 1.38. The maximum absolute atomic E-state index is 13.3. The number of aromatic nitrogens is 3. The van der Waals surface area contributed by atoms with Gasteiger partial charge in [0.05, 0.1) is 16.7 Å². The van der Waals surface area contributed by atoms with Crippen LogP contribution in [0.25, 0.3) is 11.3 Å². The minimum Gasteiger partial charge on any atom is -0.384 e. The van der Waals surface area contributed by atoms with Crippen molar-refractivity contribution in [3.05, 3.63) is 103 Å². The number of thiazole rings is 1. The van der Waals surface area contributed by atoms with Gasteiger partial charge in [-0.2, -0.15) is 0 Å². The summed E-state index contributed by atoms with van der Waals surface area (Å²) in [6, 6.07) is 19.1. The van der Waals surface area contributed by atoms with Crippen LogP contribution >= 0.6 is 11.3 Å². The number of rotatable bonds is 8. The van der Waals surface area contributed by atoms with Crippen LogP contribution in [0, 0.1) is 6.92 Å². The number of nitrogens with two attached hydrogens (primary N) is 1. The molecule has 2 aromatic heterocycles. The SMILES string of the molecule is CCn1c(N)c(-c2csc(C)n2)c(=O)n(CC(=O)N[C@H](Cc2ccccc2)c2ccccc2)c1=O. The van der Waals surface area contributed by atoms with E-state index in [0.717, 1.165) is 20.7 Å². The predicted octanol–water partition coefficient (Wildman–Crippen LogP) is 3.14. The first kappa shape index (κ1) is 24.2. The third kappa shape index (κ3) is 5.25. The fraction of sp³-hybridized carbons (Fsp3) is 0.231. The zero-order valence-electron chi connectivity index (χ0n) is 19.6. The molecule has 0 unspecified atom stereocenters. The Balaban J connectivity index is 1.68. The molecule has 0 aliphatic rings. The normalized spacial score (nSPS) is 11.8. The lowest BCUT2D eigenvalue weighted by atomic mass is 9.99. The number of carbonyl (C=O) groups is 1. The molecule has 0 bridgehead atoms. The minimum absolute atomic E-state index is 0.0516. The molecule has 0 saturated heterocycles. The van der Waals surface area contributed by atoms with Gasteiger partial charge in [-0.1, -0.05) is 60.7 Å². The van der Waals surface area contributed by atoms with E-state index in [-0.39, 0.29) is 24.0 Å². The Kier molecular flexibility index (Phi) is 7.26. The smallest absolute Gasteiger partial charge is 0.333 e. The van der Waals surface area contributed by atoms with Crippen LogP contribution in [-0.2, 0) is 24.3 Å². The summed E-state index contributed by atoms with van der Waals surface area (Å²) in [7, 11) is 0. The van der Waals surface area contributed by atoms with E-state index >= 15 is 0 Å². The lowest BCUT2D eigenvalue weighted by Crippen LogP contribution is -2.45. The van der Waals surface area contributed by atoms with Gasteiger partial charge in [0.1, 0.15) is 17.9 Å². The summed E-state index contributed by atoms with van der Waals surface area (Å²) < 4.78 is 2.22. The highest BCUT2D eigenvalue weighted by molar-refractivity contribution is 7.09. The molecule has 8 nitrogen and oxygen atoms in total. The average Bonchev–Trinajstić information content (AvgIpc) is 3.28. The molecule has 4 rings (SSSR count). The van der Waals surface area contributed by atoms with Crippen molar-refractivity contribution in [1.82, 2.24) is 19.4 Å². The van der Waals surface area contributed by atoms with Gasteiger partial charge in [0.2, 0.25) is 5.91 Å². The van der Waals surface area contributed by atoms with E-state index in [1.54, 1.807) is 12.3 Å². The summed E-state index contributed by atoms with van der Waals surface area (Å²) in [5.41, 5.74) is 7.46. The first-order valence-electron chi connectivity index (χ1n) is 11.3. The number of hydrogen-bond acceptors (Lipinski definition) is 6. The van der Waals surface area contributed by atoms with Crippen LogP contribution < -0.4 is 22.3 Å². The van der Waals surface area contributed by atoms with Crippen LogP contribution in [0.15, 0.2) is 75.6 Å². The van der Waals surface area contributed by atoms with E-state index in [0.29, 0.717) is 12.1 Å². The zero-order chi connectivity index (χ0) is 24.9. The number of aryl methyl sites for hydroxylation is 1. The molecule has 2 aromatic carbocycles. The second-order valence-electron chi connectivity index (χ2n) is 8.15. The van der Waals surface area contributed by atoms with Crippen molar-refractivity contribution in [2.45, 2.75) is 39.4 Å². The van der Waals surface area contributed by atoms with Gasteiger partial charge >= 0.3 is 5.69 Å². The first-order valence-corrected chi connectivity index (χ1v) is 12.2. The molecule has 4 aromatic rings. The van der Waals surface area contributed by atoms with Crippen LogP contribution in [0.3, 0.4) is 0 Å². The zero-order valence-corrected chi connectivity index (χ0v) is 20.4. The Hall–Kier alpha value is -3.98. The summed E-state index contributed by atoms with van der Waals surface area (Å²) in [4.78, 5) is 43.9. The standard InChI is InChI=1S/C26H27N5O3S/c1-3-30-24(27)23(21-16-35-17(2)28-21)25(33)31(26(30)34)15-22(32)29-20(19-12-8-5-9-13-19)14-18-10-6-4-7-11-18/h4-13,16,20H,3,14-15,27H2,1-2H3,(H,29,32)/t20-/m1/s1. The van der Waals surface area contributed by atoms with Crippen molar-refractivity contribution in [1.29, 1.82) is 0 Å². The molecule has 1 amide bonds. The van der Waals surface area contributed by atoms with Crippen LogP contribution in [-0.4, -0.2) is 20.0 Å². The molecule has 2 heterocycles. The number of nitrogens with zero attached hydrogens (tertiary/aromatic N) is 3. The van der Waals surface area contributed by atoms with Crippen molar-refractivity contribution in [2.24, 2.45) is 0 Å². The van der Waals surface area contributed by atoms with Crippen LogP contribution in [0.4, 0.5) is 5.82 Å². The fourth-order valence-corrected chi connectivity index (χ4v) is 4.65. The number of nitrogens with one attached hydrogen (secondary N) is 1. The molecule has 3 N–H and O–H groups in total. The largest absolute Gasteiger partial charge is 0.384 e. The van der Waals surface area contributed by atoms with Gasteiger partial charge in [-0.25, -0.2) is 9.78 Å². The van der Waals surface area contributed by atoms with E-state index in [1.165, 1.54) is 15.9 Å². The molecule has 1 atom stereocenters. The molecule has 9 heteroatoms. The quantitative estimate of drug-likeness (QED) is 0.395. The van der Waals surface area contributed by atoms with Crippen LogP contribution in [0.5, 0.6) is 0 Å². The summed E-state index contributed by atoms with van der Waals surface area (Å²) in [6.07, 6.45) is 0.565. The molecular formula is C26H27N5O3S. The van der Waals surface area contributed by atoms with E-state index in [2.05, 4.69) is 10.3 Å². The average molecular weight is 490 g/mol. The van der Waals surface area contributed by atoms with E-state index < -0.39 is 23.7 Å². The topological polar surface area (TPSA) is 112 Å². The predicted molar refractivity (Wildman–Crippen MR) is 138 cm³/mol. The van der Waals surface area contributed by atoms with E-state index in [4.69, 9.17) is 5.73 Å².